The van der Waals surface area contributed by atoms with Crippen molar-refractivity contribution in [3.8, 4) is 5.75 Å². The van der Waals surface area contributed by atoms with Crippen molar-refractivity contribution in [1.82, 2.24) is 10.2 Å². The van der Waals surface area contributed by atoms with Crippen LogP contribution in [-0.4, -0.2) is 42.8 Å². The summed E-state index contributed by atoms with van der Waals surface area (Å²) in [5.41, 5.74) is 3.78. The zero-order chi connectivity index (χ0) is 22.2. The molecule has 1 fully saturated rings. The van der Waals surface area contributed by atoms with Crippen LogP contribution in [0.25, 0.3) is 0 Å². The summed E-state index contributed by atoms with van der Waals surface area (Å²) < 4.78 is 5.59. The minimum atomic E-state index is 0.119. The topological polar surface area (TPSA) is 27.7 Å². The number of hydrogen-bond acceptors (Lipinski definition) is 3. The van der Waals surface area contributed by atoms with E-state index in [1.807, 2.05) is 19.1 Å². The van der Waals surface area contributed by atoms with Crippen molar-refractivity contribution in [1.29, 1.82) is 0 Å². The van der Waals surface area contributed by atoms with E-state index >= 15 is 0 Å². The molecular formula is C27H31N3OS. The largest absolute Gasteiger partial charge is 0.494 e. The summed E-state index contributed by atoms with van der Waals surface area (Å²) in [5, 5.41) is 4.48. The van der Waals surface area contributed by atoms with Crippen molar-refractivity contribution in [2.45, 2.75) is 19.4 Å². The lowest BCUT2D eigenvalue weighted by atomic mass is 9.99. The van der Waals surface area contributed by atoms with E-state index in [0.29, 0.717) is 6.61 Å². The monoisotopic (exact) mass is 445 g/mol. The first-order valence-electron chi connectivity index (χ1n) is 11.3. The van der Waals surface area contributed by atoms with Gasteiger partial charge in [0.2, 0.25) is 0 Å². The molecule has 1 aliphatic heterocycles. The molecule has 1 heterocycles. The molecule has 1 unspecified atom stereocenters. The van der Waals surface area contributed by atoms with Gasteiger partial charge in [0, 0.05) is 31.9 Å². The maximum atomic E-state index is 5.85. The molecule has 166 valence electrons. The molecule has 32 heavy (non-hydrogen) atoms. The molecule has 0 radical (unpaired) electrons. The molecule has 4 nitrogen and oxygen atoms in total. The standard InChI is InChI=1S/C27H31N3OS/c1-2-31-25-15-13-22(14-16-25)21-26(23-9-5-3-6-10-23)28-27(32)30-19-17-29(18-20-30)24-11-7-4-8-12-24/h3-16,26H,2,17-21H2,1H3,(H,28,32). The molecule has 0 spiro atoms. The first kappa shape index (κ1) is 22.2. The summed E-state index contributed by atoms with van der Waals surface area (Å²) >= 11 is 5.85. The number of nitrogens with one attached hydrogen (secondary N) is 1. The van der Waals surface area contributed by atoms with Crippen molar-refractivity contribution in [3.63, 3.8) is 0 Å². The van der Waals surface area contributed by atoms with Gasteiger partial charge in [0.15, 0.2) is 5.11 Å². The molecule has 0 aliphatic carbocycles. The number of benzene rings is 3. The van der Waals surface area contributed by atoms with Gasteiger partial charge in [0.05, 0.1) is 12.6 Å². The number of nitrogens with zero attached hydrogens (tertiary/aromatic N) is 2. The summed E-state index contributed by atoms with van der Waals surface area (Å²) in [4.78, 5) is 4.72. The molecule has 1 aliphatic rings. The number of hydrogen-bond donors (Lipinski definition) is 1. The van der Waals surface area contributed by atoms with Gasteiger partial charge in [-0.05, 0) is 61.0 Å². The molecule has 0 aromatic heterocycles. The molecule has 0 bridgehead atoms. The van der Waals surface area contributed by atoms with Crippen LogP contribution in [0, 0.1) is 0 Å². The second-order valence-corrected chi connectivity index (χ2v) is 8.39. The van der Waals surface area contributed by atoms with Gasteiger partial charge in [-0.15, -0.1) is 0 Å². The second-order valence-electron chi connectivity index (χ2n) is 8.00. The molecular weight excluding hydrogens is 414 g/mol. The predicted octanol–water partition coefficient (Wildman–Crippen LogP) is 5.07. The van der Waals surface area contributed by atoms with E-state index in [9.17, 15) is 0 Å². The Labute approximate surface area is 196 Å². The van der Waals surface area contributed by atoms with E-state index < -0.39 is 0 Å². The fraction of sp³-hybridized carbons (Fsp3) is 0.296. The Bertz CT molecular complexity index is 971. The third-order valence-corrected chi connectivity index (χ3v) is 6.24. The van der Waals surface area contributed by atoms with Gasteiger partial charge < -0.3 is 19.9 Å². The van der Waals surface area contributed by atoms with Crippen molar-refractivity contribution in [3.05, 3.63) is 96.1 Å². The van der Waals surface area contributed by atoms with Gasteiger partial charge >= 0.3 is 0 Å². The average molecular weight is 446 g/mol. The SMILES string of the molecule is CCOc1ccc(CC(NC(=S)N2CCN(c3ccccc3)CC2)c2ccccc2)cc1. The van der Waals surface area contributed by atoms with E-state index in [1.165, 1.54) is 16.8 Å². The zero-order valence-corrected chi connectivity index (χ0v) is 19.4. The van der Waals surface area contributed by atoms with Crippen LogP contribution in [0.4, 0.5) is 5.69 Å². The van der Waals surface area contributed by atoms with Gasteiger partial charge in [-0.25, -0.2) is 0 Å². The Morgan fingerprint density at radius 1 is 0.875 bits per heavy atom. The Balaban J connectivity index is 1.40. The third-order valence-electron chi connectivity index (χ3n) is 5.86. The van der Waals surface area contributed by atoms with Crippen LogP contribution < -0.4 is 15.0 Å². The van der Waals surface area contributed by atoms with Gasteiger partial charge in [-0.1, -0.05) is 60.7 Å². The van der Waals surface area contributed by atoms with Gasteiger partial charge in [-0.3, -0.25) is 0 Å². The zero-order valence-electron chi connectivity index (χ0n) is 18.6. The van der Waals surface area contributed by atoms with E-state index in [4.69, 9.17) is 17.0 Å². The molecule has 0 amide bonds. The lowest BCUT2D eigenvalue weighted by Crippen LogP contribution is -2.52. The highest BCUT2D eigenvalue weighted by Crippen LogP contribution is 2.22. The Morgan fingerprint density at radius 2 is 1.50 bits per heavy atom. The summed E-state index contributed by atoms with van der Waals surface area (Å²) in [7, 11) is 0. The lowest BCUT2D eigenvalue weighted by Gasteiger charge is -2.38. The Hall–Kier alpha value is -3.05. The minimum absolute atomic E-state index is 0.119. The number of ether oxygens (including phenoxy) is 1. The Morgan fingerprint density at radius 3 is 2.12 bits per heavy atom. The van der Waals surface area contributed by atoms with Gasteiger partial charge in [0.1, 0.15) is 5.75 Å². The molecule has 3 aromatic carbocycles. The molecule has 5 heteroatoms. The molecule has 4 rings (SSSR count). The third kappa shape index (κ3) is 5.80. The summed E-state index contributed by atoms with van der Waals surface area (Å²) in [6.45, 7) is 6.47. The fourth-order valence-electron chi connectivity index (χ4n) is 4.11. The molecule has 0 saturated carbocycles. The normalized spacial score (nSPS) is 14.7. The van der Waals surface area contributed by atoms with Crippen molar-refractivity contribution < 1.29 is 4.74 Å². The number of thiocarbonyl (C=S) groups is 1. The first-order valence-corrected chi connectivity index (χ1v) is 11.8. The van der Waals surface area contributed by atoms with E-state index in [2.05, 4.69) is 87.9 Å². The van der Waals surface area contributed by atoms with Crippen LogP contribution in [0.1, 0.15) is 24.1 Å². The quantitative estimate of drug-likeness (QED) is 0.513. The van der Waals surface area contributed by atoms with Crippen molar-refractivity contribution in [2.24, 2.45) is 0 Å². The van der Waals surface area contributed by atoms with Crippen LogP contribution in [-0.2, 0) is 6.42 Å². The van der Waals surface area contributed by atoms with E-state index in [0.717, 1.165) is 43.5 Å². The number of piperazine rings is 1. The van der Waals surface area contributed by atoms with Gasteiger partial charge in [-0.2, -0.15) is 0 Å². The maximum absolute atomic E-state index is 5.85. The first-order chi connectivity index (χ1) is 15.7. The number of anilines is 1. The van der Waals surface area contributed by atoms with Crippen LogP contribution >= 0.6 is 12.2 Å². The average Bonchev–Trinajstić information content (AvgIpc) is 2.86. The van der Waals surface area contributed by atoms with Crippen LogP contribution in [0.15, 0.2) is 84.9 Å². The predicted molar refractivity (Wildman–Crippen MR) is 136 cm³/mol. The van der Waals surface area contributed by atoms with Crippen molar-refractivity contribution in [2.75, 3.05) is 37.7 Å². The summed E-state index contributed by atoms with van der Waals surface area (Å²) in [5.74, 6) is 0.910. The smallest absolute Gasteiger partial charge is 0.169 e. The lowest BCUT2D eigenvalue weighted by molar-refractivity contribution is 0.340. The van der Waals surface area contributed by atoms with E-state index in [-0.39, 0.29) is 6.04 Å². The second kappa shape index (κ2) is 11.0. The van der Waals surface area contributed by atoms with Crippen LogP contribution in [0.3, 0.4) is 0 Å². The number of para-hydroxylation sites is 1. The minimum Gasteiger partial charge on any atom is -0.494 e. The number of rotatable bonds is 7. The maximum Gasteiger partial charge on any atom is 0.169 e. The summed E-state index contributed by atoms with van der Waals surface area (Å²) in [6.07, 6.45) is 0.862. The highest BCUT2D eigenvalue weighted by molar-refractivity contribution is 7.80. The fourth-order valence-corrected chi connectivity index (χ4v) is 4.43. The van der Waals surface area contributed by atoms with Crippen molar-refractivity contribution >= 4 is 23.0 Å². The van der Waals surface area contributed by atoms with Crippen LogP contribution in [0.5, 0.6) is 5.75 Å². The molecule has 1 saturated heterocycles. The molecule has 1 atom stereocenters. The highest BCUT2D eigenvalue weighted by atomic mass is 32.1. The summed E-state index contributed by atoms with van der Waals surface area (Å²) in [6, 6.07) is 29.7. The molecule has 1 N–H and O–H groups in total. The Kier molecular flexibility index (Phi) is 7.62. The molecule has 3 aromatic rings. The van der Waals surface area contributed by atoms with Crippen LogP contribution in [0.2, 0.25) is 0 Å². The van der Waals surface area contributed by atoms with Gasteiger partial charge in [0.25, 0.3) is 0 Å². The van der Waals surface area contributed by atoms with E-state index in [1.54, 1.807) is 0 Å². The highest BCUT2D eigenvalue weighted by Gasteiger charge is 2.22.